The van der Waals surface area contributed by atoms with Crippen molar-refractivity contribution in [3.05, 3.63) is 29.6 Å². The minimum atomic E-state index is -1.35. The molecule has 7 nitrogen and oxygen atoms in total. The number of carbonyl (C=O) groups excluding carboxylic acids is 2. The lowest BCUT2D eigenvalue weighted by Crippen LogP contribution is -2.41. The van der Waals surface area contributed by atoms with Gasteiger partial charge in [0.1, 0.15) is 23.2 Å². The van der Waals surface area contributed by atoms with Crippen LogP contribution in [0.15, 0.2) is 18.2 Å². The van der Waals surface area contributed by atoms with Gasteiger partial charge in [0, 0.05) is 6.42 Å². The van der Waals surface area contributed by atoms with Gasteiger partial charge >= 0.3 is 5.97 Å². The zero-order valence-corrected chi connectivity index (χ0v) is 11.3. The van der Waals surface area contributed by atoms with Gasteiger partial charge in [0.25, 0.3) is 5.91 Å². The van der Waals surface area contributed by atoms with Crippen LogP contribution in [-0.4, -0.2) is 36.0 Å². The SMILES string of the molecule is COc1cccc(F)c1C(=O)NC(CCC(N)=O)C(=O)O. The van der Waals surface area contributed by atoms with Crippen molar-refractivity contribution in [2.24, 2.45) is 5.73 Å². The molecular formula is C13H15FN2O5. The Bertz CT molecular complexity index is 561. The van der Waals surface area contributed by atoms with Gasteiger partial charge in [-0.1, -0.05) is 6.07 Å². The number of carbonyl (C=O) groups is 3. The second-order valence-corrected chi connectivity index (χ2v) is 4.19. The van der Waals surface area contributed by atoms with Crippen LogP contribution in [0.5, 0.6) is 5.75 Å². The van der Waals surface area contributed by atoms with Gasteiger partial charge in [0.15, 0.2) is 0 Å². The highest BCUT2D eigenvalue weighted by Crippen LogP contribution is 2.21. The molecule has 0 heterocycles. The number of amides is 2. The highest BCUT2D eigenvalue weighted by molar-refractivity contribution is 5.99. The molecule has 0 aliphatic rings. The molecule has 1 rings (SSSR count). The standard InChI is InChI=1S/C13H15FN2O5/c1-21-9-4-2-3-7(14)11(9)12(18)16-8(13(19)20)5-6-10(15)17/h2-4,8H,5-6H2,1H3,(H2,15,17)(H,16,18)(H,19,20). The number of aliphatic carboxylic acids is 1. The first-order valence-corrected chi connectivity index (χ1v) is 6.01. The molecule has 0 bridgehead atoms. The topological polar surface area (TPSA) is 119 Å². The Morgan fingerprint density at radius 2 is 2.10 bits per heavy atom. The molecule has 21 heavy (non-hydrogen) atoms. The Balaban J connectivity index is 2.92. The molecule has 1 unspecified atom stereocenters. The predicted molar refractivity (Wildman–Crippen MR) is 70.3 cm³/mol. The van der Waals surface area contributed by atoms with Gasteiger partial charge in [0.2, 0.25) is 5.91 Å². The molecule has 1 atom stereocenters. The van der Waals surface area contributed by atoms with Gasteiger partial charge in [-0.25, -0.2) is 9.18 Å². The zero-order valence-electron chi connectivity index (χ0n) is 11.3. The largest absolute Gasteiger partial charge is 0.496 e. The first-order chi connectivity index (χ1) is 9.86. The number of methoxy groups -OCH3 is 1. The quantitative estimate of drug-likeness (QED) is 0.668. The number of primary amides is 1. The lowest BCUT2D eigenvalue weighted by atomic mass is 10.1. The molecule has 4 N–H and O–H groups in total. The third-order valence-electron chi connectivity index (χ3n) is 2.71. The Labute approximate surface area is 119 Å². The fraction of sp³-hybridized carbons (Fsp3) is 0.308. The molecule has 114 valence electrons. The zero-order chi connectivity index (χ0) is 16.0. The third-order valence-corrected chi connectivity index (χ3v) is 2.71. The van der Waals surface area contributed by atoms with Crippen LogP contribution in [0.4, 0.5) is 4.39 Å². The number of nitrogens with two attached hydrogens (primary N) is 1. The van der Waals surface area contributed by atoms with E-state index in [-0.39, 0.29) is 18.6 Å². The molecule has 0 saturated heterocycles. The fourth-order valence-corrected chi connectivity index (χ4v) is 1.67. The van der Waals surface area contributed by atoms with E-state index in [2.05, 4.69) is 5.32 Å². The summed E-state index contributed by atoms with van der Waals surface area (Å²) in [6.07, 6.45) is -0.404. The summed E-state index contributed by atoms with van der Waals surface area (Å²) in [6.45, 7) is 0. The maximum atomic E-state index is 13.7. The van der Waals surface area contributed by atoms with E-state index in [1.165, 1.54) is 19.2 Å². The monoisotopic (exact) mass is 298 g/mol. The van der Waals surface area contributed by atoms with Gasteiger partial charge in [-0.15, -0.1) is 0 Å². The summed E-state index contributed by atoms with van der Waals surface area (Å²) in [5.74, 6) is -3.85. The second-order valence-electron chi connectivity index (χ2n) is 4.19. The van der Waals surface area contributed by atoms with E-state index < -0.39 is 35.2 Å². The lowest BCUT2D eigenvalue weighted by molar-refractivity contribution is -0.139. The molecule has 2 amide bonds. The third kappa shape index (κ3) is 4.44. The molecule has 0 fully saturated rings. The van der Waals surface area contributed by atoms with Crippen LogP contribution < -0.4 is 15.8 Å². The van der Waals surface area contributed by atoms with Gasteiger partial charge in [-0.05, 0) is 18.6 Å². The van der Waals surface area contributed by atoms with Gasteiger partial charge in [-0.2, -0.15) is 0 Å². The molecule has 0 aliphatic heterocycles. The maximum absolute atomic E-state index is 13.7. The van der Waals surface area contributed by atoms with E-state index in [0.29, 0.717) is 0 Å². The summed E-state index contributed by atoms with van der Waals surface area (Å²) in [5.41, 5.74) is 4.53. The van der Waals surface area contributed by atoms with Crippen LogP contribution in [0.1, 0.15) is 23.2 Å². The fourth-order valence-electron chi connectivity index (χ4n) is 1.67. The van der Waals surface area contributed by atoms with Gasteiger partial charge in [0.05, 0.1) is 7.11 Å². The first kappa shape index (κ1) is 16.4. The number of benzene rings is 1. The number of carboxylic acid groups (broad SMARTS) is 1. The van der Waals surface area contributed by atoms with E-state index in [4.69, 9.17) is 15.6 Å². The van der Waals surface area contributed by atoms with Crippen molar-refractivity contribution >= 4 is 17.8 Å². The van der Waals surface area contributed by atoms with Gasteiger partial charge in [-0.3, -0.25) is 9.59 Å². The molecule has 0 aromatic heterocycles. The van der Waals surface area contributed by atoms with Crippen LogP contribution in [0.2, 0.25) is 0 Å². The molecule has 0 saturated carbocycles. The number of rotatable bonds is 7. The van der Waals surface area contributed by atoms with E-state index in [9.17, 15) is 18.8 Å². The highest BCUT2D eigenvalue weighted by atomic mass is 19.1. The smallest absolute Gasteiger partial charge is 0.326 e. The number of carboxylic acids is 1. The Kier molecular flexibility index (Phi) is 5.65. The summed E-state index contributed by atoms with van der Waals surface area (Å²) in [4.78, 5) is 33.7. The number of halogens is 1. The predicted octanol–water partition coefficient (Wildman–Crippen LogP) is 0.283. The van der Waals surface area contributed by atoms with Crippen LogP contribution in [0, 0.1) is 5.82 Å². The first-order valence-electron chi connectivity index (χ1n) is 6.01. The summed E-state index contributed by atoms with van der Waals surface area (Å²) < 4.78 is 18.6. The van der Waals surface area contributed by atoms with Crippen LogP contribution in [0.3, 0.4) is 0 Å². The summed E-state index contributed by atoms with van der Waals surface area (Å²) in [7, 11) is 1.26. The van der Waals surface area contributed by atoms with Gasteiger partial charge < -0.3 is 20.9 Å². The molecular weight excluding hydrogens is 283 g/mol. The van der Waals surface area contributed by atoms with Crippen LogP contribution in [-0.2, 0) is 9.59 Å². The minimum Gasteiger partial charge on any atom is -0.496 e. The Morgan fingerprint density at radius 1 is 1.43 bits per heavy atom. The number of hydrogen-bond acceptors (Lipinski definition) is 4. The van der Waals surface area contributed by atoms with E-state index in [1.54, 1.807) is 0 Å². The normalized spacial score (nSPS) is 11.5. The van der Waals surface area contributed by atoms with Crippen molar-refractivity contribution in [2.45, 2.75) is 18.9 Å². The molecule has 0 aliphatic carbocycles. The average Bonchev–Trinajstić information content (AvgIpc) is 2.42. The van der Waals surface area contributed by atoms with E-state index >= 15 is 0 Å². The minimum absolute atomic E-state index is 0.0217. The summed E-state index contributed by atoms with van der Waals surface area (Å²) >= 11 is 0. The summed E-state index contributed by atoms with van der Waals surface area (Å²) in [6, 6.07) is 2.43. The molecule has 1 aromatic rings. The number of ether oxygens (including phenoxy) is 1. The summed E-state index contributed by atoms with van der Waals surface area (Å²) in [5, 5.41) is 11.1. The molecule has 0 radical (unpaired) electrons. The molecule has 8 heteroatoms. The van der Waals surface area contributed by atoms with Crippen molar-refractivity contribution < 1.29 is 28.6 Å². The lowest BCUT2D eigenvalue weighted by Gasteiger charge is -2.15. The van der Waals surface area contributed by atoms with E-state index in [0.717, 1.165) is 6.07 Å². The van der Waals surface area contributed by atoms with E-state index in [1.807, 2.05) is 0 Å². The molecule has 1 aromatic carbocycles. The van der Waals surface area contributed by atoms with Crippen LogP contribution >= 0.6 is 0 Å². The van der Waals surface area contributed by atoms with Crippen LogP contribution in [0.25, 0.3) is 0 Å². The average molecular weight is 298 g/mol. The van der Waals surface area contributed by atoms with Crippen molar-refractivity contribution in [2.75, 3.05) is 7.11 Å². The molecule has 0 spiro atoms. The Morgan fingerprint density at radius 3 is 2.62 bits per heavy atom. The van der Waals surface area contributed by atoms with Crippen molar-refractivity contribution in [3.8, 4) is 5.75 Å². The number of hydrogen-bond donors (Lipinski definition) is 3. The highest BCUT2D eigenvalue weighted by Gasteiger charge is 2.24. The number of nitrogens with one attached hydrogen (secondary N) is 1. The van der Waals surface area contributed by atoms with Crippen molar-refractivity contribution in [1.82, 2.24) is 5.32 Å². The Hall–Kier alpha value is -2.64. The van der Waals surface area contributed by atoms with Crippen molar-refractivity contribution in [1.29, 1.82) is 0 Å². The van der Waals surface area contributed by atoms with Crippen molar-refractivity contribution in [3.63, 3.8) is 0 Å². The maximum Gasteiger partial charge on any atom is 0.326 e. The second kappa shape index (κ2) is 7.22.